The van der Waals surface area contributed by atoms with Crippen LogP contribution in [0.5, 0.6) is 0 Å². The van der Waals surface area contributed by atoms with Crippen molar-refractivity contribution >= 4 is 5.91 Å². The van der Waals surface area contributed by atoms with Crippen LogP contribution in [0.2, 0.25) is 0 Å². The predicted octanol–water partition coefficient (Wildman–Crippen LogP) is 1.62. The lowest BCUT2D eigenvalue weighted by molar-refractivity contribution is -0.146. The topological polar surface area (TPSA) is 42.0 Å². The molecule has 4 rings (SSSR count). The minimum absolute atomic E-state index is 0.213. The van der Waals surface area contributed by atoms with Crippen LogP contribution >= 0.6 is 0 Å². The fourth-order valence-corrected chi connectivity index (χ4v) is 5.10. The Morgan fingerprint density at radius 2 is 2.00 bits per heavy atom. The number of fused-ring (bicyclic) bond motifs is 1. The van der Waals surface area contributed by atoms with Crippen LogP contribution in [0, 0.1) is 23.7 Å². The smallest absolute Gasteiger partial charge is 0.226 e. The molecule has 1 unspecified atom stereocenters. The summed E-state index contributed by atoms with van der Waals surface area (Å²) in [5.74, 6) is 2.43. The third-order valence-electron chi connectivity index (χ3n) is 6.66. The first kappa shape index (κ1) is 16.8. The van der Waals surface area contributed by atoms with E-state index in [1.807, 2.05) is 0 Å². The normalized spacial score (nSPS) is 38.2. The van der Waals surface area contributed by atoms with E-state index in [9.17, 15) is 4.79 Å². The molecule has 1 saturated carbocycles. The van der Waals surface area contributed by atoms with Gasteiger partial charge in [0.25, 0.3) is 0 Å². The lowest BCUT2D eigenvalue weighted by atomic mass is 9.74. The van der Waals surface area contributed by atoms with E-state index in [-0.39, 0.29) is 5.92 Å². The number of piperidine rings is 1. The Bertz CT molecular complexity index is 448. The van der Waals surface area contributed by atoms with Gasteiger partial charge in [-0.25, -0.2) is 0 Å². The third-order valence-corrected chi connectivity index (χ3v) is 6.66. The second kappa shape index (κ2) is 7.30. The van der Waals surface area contributed by atoms with Crippen LogP contribution in [0.4, 0.5) is 0 Å². The Hall–Kier alpha value is -0.650. The molecule has 1 amide bonds. The molecule has 5 heteroatoms. The zero-order chi connectivity index (χ0) is 16.5. The van der Waals surface area contributed by atoms with Crippen molar-refractivity contribution in [2.45, 2.75) is 38.1 Å². The molecule has 0 radical (unpaired) electrons. The van der Waals surface area contributed by atoms with Gasteiger partial charge in [0.05, 0.1) is 13.2 Å². The van der Waals surface area contributed by atoms with Crippen molar-refractivity contribution in [3.63, 3.8) is 0 Å². The fourth-order valence-electron chi connectivity index (χ4n) is 5.10. The van der Waals surface area contributed by atoms with Crippen molar-refractivity contribution in [3.8, 4) is 0 Å². The summed E-state index contributed by atoms with van der Waals surface area (Å²) >= 11 is 0. The van der Waals surface area contributed by atoms with Gasteiger partial charge >= 0.3 is 0 Å². The quantitative estimate of drug-likeness (QED) is 0.765. The molecule has 1 aliphatic carbocycles. The number of amides is 1. The summed E-state index contributed by atoms with van der Waals surface area (Å²) in [6, 6.07) is 0.573. The van der Waals surface area contributed by atoms with Gasteiger partial charge in [0.2, 0.25) is 5.91 Å². The molecule has 24 heavy (non-hydrogen) atoms. The molecule has 0 spiro atoms. The van der Waals surface area contributed by atoms with E-state index in [0.29, 0.717) is 23.8 Å². The second-order valence-electron chi connectivity index (χ2n) is 8.30. The molecule has 3 saturated heterocycles. The van der Waals surface area contributed by atoms with Crippen molar-refractivity contribution in [3.05, 3.63) is 0 Å². The van der Waals surface area contributed by atoms with Crippen LogP contribution in [0.25, 0.3) is 0 Å². The van der Waals surface area contributed by atoms with Crippen LogP contribution in [0.3, 0.4) is 0 Å². The highest BCUT2D eigenvalue weighted by atomic mass is 16.5. The van der Waals surface area contributed by atoms with Gasteiger partial charge in [0, 0.05) is 44.7 Å². The monoisotopic (exact) mass is 336 g/mol. The fraction of sp³-hybridized carbons (Fsp3) is 0.947. The molecular weight excluding hydrogens is 304 g/mol. The SMILES string of the molecule is COC[C@@H]1CN(CC2CC2)C(=O)[C@H]2CCN(C3CCOC3)CC[C@@H]12. The van der Waals surface area contributed by atoms with Gasteiger partial charge in [-0.15, -0.1) is 0 Å². The lowest BCUT2D eigenvalue weighted by Gasteiger charge is -2.42. The second-order valence-corrected chi connectivity index (χ2v) is 8.30. The van der Waals surface area contributed by atoms with Gasteiger partial charge in [-0.2, -0.15) is 0 Å². The molecule has 136 valence electrons. The number of carbonyl (C=O) groups is 1. The lowest BCUT2D eigenvalue weighted by Crippen LogP contribution is -2.52. The number of rotatable bonds is 5. The Kier molecular flexibility index (Phi) is 5.11. The van der Waals surface area contributed by atoms with Gasteiger partial charge in [-0.1, -0.05) is 0 Å². The van der Waals surface area contributed by atoms with Gasteiger partial charge in [0.1, 0.15) is 0 Å². The Morgan fingerprint density at radius 3 is 2.71 bits per heavy atom. The van der Waals surface area contributed by atoms with Crippen molar-refractivity contribution in [1.29, 1.82) is 0 Å². The first-order chi connectivity index (χ1) is 11.8. The zero-order valence-corrected chi connectivity index (χ0v) is 15.0. The van der Waals surface area contributed by atoms with Gasteiger partial charge in [-0.3, -0.25) is 9.69 Å². The molecule has 4 fully saturated rings. The summed E-state index contributed by atoms with van der Waals surface area (Å²) in [7, 11) is 1.80. The van der Waals surface area contributed by atoms with E-state index < -0.39 is 0 Å². The molecule has 4 atom stereocenters. The minimum Gasteiger partial charge on any atom is -0.384 e. The zero-order valence-electron chi connectivity index (χ0n) is 15.0. The molecule has 3 heterocycles. The Balaban J connectivity index is 1.46. The van der Waals surface area contributed by atoms with Crippen molar-refractivity contribution in [2.24, 2.45) is 23.7 Å². The minimum atomic E-state index is 0.213. The Morgan fingerprint density at radius 1 is 1.17 bits per heavy atom. The maximum atomic E-state index is 13.1. The number of nitrogens with zero attached hydrogens (tertiary/aromatic N) is 2. The average Bonchev–Trinajstić information content (AvgIpc) is 3.29. The maximum absolute atomic E-state index is 13.1. The van der Waals surface area contributed by atoms with E-state index in [1.54, 1.807) is 7.11 Å². The summed E-state index contributed by atoms with van der Waals surface area (Å²) in [5.41, 5.74) is 0. The summed E-state index contributed by atoms with van der Waals surface area (Å²) in [6.07, 6.45) is 5.92. The van der Waals surface area contributed by atoms with Crippen molar-refractivity contribution in [2.75, 3.05) is 53.1 Å². The molecule has 0 aromatic rings. The third kappa shape index (κ3) is 3.49. The van der Waals surface area contributed by atoms with Crippen LogP contribution in [0.1, 0.15) is 32.1 Å². The van der Waals surface area contributed by atoms with Crippen molar-refractivity contribution in [1.82, 2.24) is 9.80 Å². The number of hydrogen-bond acceptors (Lipinski definition) is 4. The van der Waals surface area contributed by atoms with Gasteiger partial charge in [-0.05, 0) is 57.0 Å². The summed E-state index contributed by atoms with van der Waals surface area (Å²) in [4.78, 5) is 17.9. The maximum Gasteiger partial charge on any atom is 0.226 e. The molecule has 0 bridgehead atoms. The van der Waals surface area contributed by atoms with Crippen LogP contribution in [-0.2, 0) is 14.3 Å². The number of carbonyl (C=O) groups excluding carboxylic acids is 1. The highest BCUT2D eigenvalue weighted by molar-refractivity contribution is 5.80. The standard InChI is InChI=1S/C19H32N2O3/c1-23-12-15-11-21(10-14-2-3-14)19(22)18-5-8-20(7-4-17(15)18)16-6-9-24-13-16/h14-18H,2-13H2,1H3/t15-,16?,17-,18-/m0/s1. The van der Waals surface area contributed by atoms with E-state index in [2.05, 4.69) is 9.80 Å². The molecule has 5 nitrogen and oxygen atoms in total. The summed E-state index contributed by atoms with van der Waals surface area (Å²) in [6.45, 7) is 6.64. The summed E-state index contributed by atoms with van der Waals surface area (Å²) in [5, 5.41) is 0. The molecule has 0 aromatic heterocycles. The first-order valence-electron chi connectivity index (χ1n) is 9.85. The number of hydrogen-bond donors (Lipinski definition) is 0. The largest absolute Gasteiger partial charge is 0.384 e. The molecule has 0 N–H and O–H groups in total. The van der Waals surface area contributed by atoms with Crippen LogP contribution in [0.15, 0.2) is 0 Å². The van der Waals surface area contributed by atoms with E-state index in [4.69, 9.17) is 9.47 Å². The number of ether oxygens (including phenoxy) is 2. The van der Waals surface area contributed by atoms with E-state index in [1.165, 1.54) is 12.8 Å². The molecule has 0 aromatic carbocycles. The highest BCUT2D eigenvalue weighted by Crippen LogP contribution is 2.39. The van der Waals surface area contributed by atoms with E-state index >= 15 is 0 Å². The summed E-state index contributed by atoms with van der Waals surface area (Å²) < 4.78 is 11.1. The van der Waals surface area contributed by atoms with Crippen molar-refractivity contribution < 1.29 is 14.3 Å². The van der Waals surface area contributed by atoms with Gasteiger partial charge in [0.15, 0.2) is 0 Å². The number of methoxy groups -OCH3 is 1. The Labute approximate surface area is 145 Å². The van der Waals surface area contributed by atoms with Crippen LogP contribution in [-0.4, -0.2) is 74.9 Å². The molecular formula is C19H32N2O3. The first-order valence-corrected chi connectivity index (χ1v) is 9.85. The molecule has 3 aliphatic heterocycles. The van der Waals surface area contributed by atoms with Gasteiger partial charge < -0.3 is 14.4 Å². The average molecular weight is 336 g/mol. The highest BCUT2D eigenvalue weighted by Gasteiger charge is 2.45. The predicted molar refractivity (Wildman–Crippen MR) is 91.7 cm³/mol. The van der Waals surface area contributed by atoms with E-state index in [0.717, 1.165) is 71.2 Å². The molecule has 4 aliphatic rings. The number of likely N-dealkylation sites (tertiary alicyclic amines) is 2. The van der Waals surface area contributed by atoms with Crippen LogP contribution < -0.4 is 0 Å².